The van der Waals surface area contributed by atoms with Crippen LogP contribution in [0.1, 0.15) is 30.3 Å². The van der Waals surface area contributed by atoms with E-state index in [9.17, 15) is 4.79 Å². The van der Waals surface area contributed by atoms with Gasteiger partial charge in [0.1, 0.15) is 17.6 Å². The number of hydrogen-bond donors (Lipinski definition) is 1. The molecule has 2 aromatic rings. The zero-order valence-corrected chi connectivity index (χ0v) is 11.3. The summed E-state index contributed by atoms with van der Waals surface area (Å²) >= 11 is 0. The molecule has 0 bridgehead atoms. The minimum atomic E-state index is -1.06. The van der Waals surface area contributed by atoms with E-state index in [1.165, 1.54) is 18.9 Å². The number of ether oxygens (including phenoxy) is 1. The molecule has 2 heterocycles. The molecule has 0 saturated carbocycles. The third-order valence-corrected chi connectivity index (χ3v) is 3.66. The van der Waals surface area contributed by atoms with Gasteiger partial charge in [0.05, 0.1) is 0 Å². The van der Waals surface area contributed by atoms with Gasteiger partial charge in [0.15, 0.2) is 0 Å². The quantitative estimate of drug-likeness (QED) is 0.929. The van der Waals surface area contributed by atoms with Crippen LogP contribution in [0.3, 0.4) is 0 Å². The molecular formula is C15H17NO4. The fraction of sp³-hybridized carbons (Fsp3) is 0.400. The fourth-order valence-corrected chi connectivity index (χ4v) is 2.58. The Morgan fingerprint density at radius 3 is 2.80 bits per heavy atom. The normalized spacial score (nSPS) is 17.4. The van der Waals surface area contributed by atoms with Crippen molar-refractivity contribution in [3.8, 4) is 5.75 Å². The molecule has 1 unspecified atom stereocenters. The van der Waals surface area contributed by atoms with Gasteiger partial charge in [0, 0.05) is 18.5 Å². The SMILES string of the molecule is CC(Oc1ccc2oc(C(=O)O)cc2c1)N1CCCC1. The van der Waals surface area contributed by atoms with Crippen LogP contribution in [0.15, 0.2) is 28.7 Å². The first-order valence-corrected chi connectivity index (χ1v) is 6.81. The maximum Gasteiger partial charge on any atom is 0.371 e. The van der Waals surface area contributed by atoms with Crippen LogP contribution in [-0.4, -0.2) is 35.3 Å². The zero-order valence-electron chi connectivity index (χ0n) is 11.3. The molecule has 1 fully saturated rings. The van der Waals surface area contributed by atoms with Gasteiger partial charge in [-0.05, 0) is 44.0 Å². The van der Waals surface area contributed by atoms with Crippen LogP contribution >= 0.6 is 0 Å². The Morgan fingerprint density at radius 1 is 1.35 bits per heavy atom. The van der Waals surface area contributed by atoms with Gasteiger partial charge < -0.3 is 14.3 Å². The number of fused-ring (bicyclic) bond motifs is 1. The monoisotopic (exact) mass is 275 g/mol. The largest absolute Gasteiger partial charge is 0.475 e. The first kappa shape index (κ1) is 13.0. The van der Waals surface area contributed by atoms with Crippen LogP contribution in [0.2, 0.25) is 0 Å². The lowest BCUT2D eigenvalue weighted by atomic mass is 10.2. The average molecular weight is 275 g/mol. The van der Waals surface area contributed by atoms with Crippen LogP contribution in [-0.2, 0) is 0 Å². The Morgan fingerprint density at radius 2 is 2.10 bits per heavy atom. The molecule has 1 aromatic heterocycles. The molecule has 1 N–H and O–H groups in total. The maximum absolute atomic E-state index is 10.9. The van der Waals surface area contributed by atoms with Gasteiger partial charge >= 0.3 is 5.97 Å². The van der Waals surface area contributed by atoms with Crippen molar-refractivity contribution >= 4 is 16.9 Å². The molecule has 1 saturated heterocycles. The van der Waals surface area contributed by atoms with Crippen LogP contribution in [0.25, 0.3) is 11.0 Å². The van der Waals surface area contributed by atoms with Gasteiger partial charge in [-0.1, -0.05) is 0 Å². The van der Waals surface area contributed by atoms with E-state index in [1.807, 2.05) is 19.1 Å². The molecule has 5 nitrogen and oxygen atoms in total. The minimum absolute atomic E-state index is 0.0285. The topological polar surface area (TPSA) is 62.9 Å². The lowest BCUT2D eigenvalue weighted by Crippen LogP contribution is -2.34. The highest BCUT2D eigenvalue weighted by atomic mass is 16.5. The Balaban J connectivity index is 1.79. The Bertz CT molecular complexity index is 628. The summed E-state index contributed by atoms with van der Waals surface area (Å²) in [5, 5.41) is 9.66. The molecule has 106 valence electrons. The van der Waals surface area contributed by atoms with Crippen LogP contribution in [0.5, 0.6) is 5.75 Å². The predicted octanol–water partition coefficient (Wildman–Crippen LogP) is 2.95. The van der Waals surface area contributed by atoms with Crippen molar-refractivity contribution in [2.24, 2.45) is 0 Å². The van der Waals surface area contributed by atoms with E-state index in [0.717, 1.165) is 24.2 Å². The van der Waals surface area contributed by atoms with Crippen LogP contribution in [0.4, 0.5) is 0 Å². The lowest BCUT2D eigenvalue weighted by Gasteiger charge is -2.24. The number of furan rings is 1. The number of carboxylic acid groups (broad SMARTS) is 1. The zero-order chi connectivity index (χ0) is 14.1. The van der Waals surface area contributed by atoms with E-state index < -0.39 is 5.97 Å². The predicted molar refractivity (Wildman–Crippen MR) is 74.1 cm³/mol. The molecule has 5 heteroatoms. The second-order valence-electron chi connectivity index (χ2n) is 5.08. The fourth-order valence-electron chi connectivity index (χ4n) is 2.58. The maximum atomic E-state index is 10.9. The Kier molecular flexibility index (Phi) is 3.36. The highest BCUT2D eigenvalue weighted by molar-refractivity contribution is 5.91. The van der Waals surface area contributed by atoms with Crippen molar-refractivity contribution in [2.75, 3.05) is 13.1 Å². The summed E-state index contributed by atoms with van der Waals surface area (Å²) in [6.45, 7) is 4.17. The van der Waals surface area contributed by atoms with Gasteiger partial charge in [-0.25, -0.2) is 4.79 Å². The Labute approximate surface area is 116 Å². The lowest BCUT2D eigenvalue weighted by molar-refractivity contribution is 0.0593. The highest BCUT2D eigenvalue weighted by Gasteiger charge is 2.19. The molecule has 1 atom stereocenters. The summed E-state index contributed by atoms with van der Waals surface area (Å²) in [4.78, 5) is 13.2. The molecule has 1 aliphatic heterocycles. The van der Waals surface area contributed by atoms with Gasteiger partial charge in [-0.2, -0.15) is 0 Å². The number of likely N-dealkylation sites (tertiary alicyclic amines) is 1. The second kappa shape index (κ2) is 5.17. The molecule has 0 radical (unpaired) electrons. The van der Waals surface area contributed by atoms with Crippen LogP contribution in [0, 0.1) is 0 Å². The van der Waals surface area contributed by atoms with Crippen molar-refractivity contribution < 1.29 is 19.1 Å². The first-order valence-electron chi connectivity index (χ1n) is 6.81. The van der Waals surface area contributed by atoms with Crippen molar-refractivity contribution in [3.63, 3.8) is 0 Å². The van der Waals surface area contributed by atoms with E-state index in [4.69, 9.17) is 14.3 Å². The second-order valence-corrected chi connectivity index (χ2v) is 5.08. The van der Waals surface area contributed by atoms with Gasteiger partial charge in [0.25, 0.3) is 0 Å². The summed E-state index contributed by atoms with van der Waals surface area (Å²) in [6.07, 6.45) is 2.47. The van der Waals surface area contributed by atoms with Crippen LogP contribution < -0.4 is 4.74 Å². The molecule has 0 amide bonds. The van der Waals surface area contributed by atoms with E-state index in [0.29, 0.717) is 5.58 Å². The van der Waals surface area contributed by atoms with E-state index in [2.05, 4.69) is 4.90 Å². The number of hydrogen-bond acceptors (Lipinski definition) is 4. The first-order chi connectivity index (χ1) is 9.63. The summed E-state index contributed by atoms with van der Waals surface area (Å²) in [6, 6.07) is 6.89. The van der Waals surface area contributed by atoms with Crippen molar-refractivity contribution in [3.05, 3.63) is 30.0 Å². The standard InChI is InChI=1S/C15H17NO4/c1-10(16-6-2-3-7-16)19-12-4-5-13-11(8-12)9-14(20-13)15(17)18/h4-5,8-10H,2-3,6-7H2,1H3,(H,17,18). The number of rotatable bonds is 4. The number of carboxylic acids is 1. The van der Waals surface area contributed by atoms with E-state index in [1.54, 1.807) is 6.07 Å². The third-order valence-electron chi connectivity index (χ3n) is 3.66. The average Bonchev–Trinajstić information content (AvgIpc) is 3.07. The molecule has 1 aliphatic rings. The molecular weight excluding hydrogens is 258 g/mol. The summed E-state index contributed by atoms with van der Waals surface area (Å²) in [5.41, 5.74) is 0.559. The number of benzene rings is 1. The Hall–Kier alpha value is -2.01. The van der Waals surface area contributed by atoms with Gasteiger partial charge in [0.2, 0.25) is 5.76 Å². The summed E-state index contributed by atoms with van der Waals surface area (Å²) in [7, 11) is 0. The van der Waals surface area contributed by atoms with E-state index in [-0.39, 0.29) is 12.0 Å². The summed E-state index contributed by atoms with van der Waals surface area (Å²) < 4.78 is 11.1. The highest BCUT2D eigenvalue weighted by Crippen LogP contribution is 2.25. The summed E-state index contributed by atoms with van der Waals surface area (Å²) in [5.74, 6) is -0.381. The smallest absolute Gasteiger partial charge is 0.371 e. The minimum Gasteiger partial charge on any atom is -0.475 e. The third kappa shape index (κ3) is 2.49. The number of nitrogens with zero attached hydrogens (tertiary/aromatic N) is 1. The molecule has 1 aromatic carbocycles. The van der Waals surface area contributed by atoms with Gasteiger partial charge in [-0.15, -0.1) is 0 Å². The van der Waals surface area contributed by atoms with Crippen molar-refractivity contribution in [1.82, 2.24) is 4.90 Å². The van der Waals surface area contributed by atoms with E-state index >= 15 is 0 Å². The molecule has 0 spiro atoms. The molecule has 0 aliphatic carbocycles. The number of aromatic carboxylic acids is 1. The molecule has 20 heavy (non-hydrogen) atoms. The molecule has 3 rings (SSSR count). The van der Waals surface area contributed by atoms with Crippen molar-refractivity contribution in [2.45, 2.75) is 26.0 Å². The van der Waals surface area contributed by atoms with Gasteiger partial charge in [-0.3, -0.25) is 4.90 Å². The number of carbonyl (C=O) groups is 1. The van der Waals surface area contributed by atoms with Crippen molar-refractivity contribution in [1.29, 1.82) is 0 Å².